The first-order valence-electron chi connectivity index (χ1n) is 14.3. The lowest BCUT2D eigenvalue weighted by molar-refractivity contribution is -0.153. The van der Waals surface area contributed by atoms with Gasteiger partial charge in [-0.3, -0.25) is 4.79 Å². The maximum absolute atomic E-state index is 12.6. The number of hydrogen-bond donors (Lipinski definition) is 1. The highest BCUT2D eigenvalue weighted by atomic mass is 16.6. The first-order valence-corrected chi connectivity index (χ1v) is 14.3. The molecule has 7 nitrogen and oxygen atoms in total. The smallest absolute Gasteiger partial charge is 0.343 e. The topological polar surface area (TPSA) is 83.1 Å². The van der Waals surface area contributed by atoms with Crippen LogP contribution in [0, 0.1) is 0 Å². The van der Waals surface area contributed by atoms with Gasteiger partial charge >= 0.3 is 11.9 Å². The third kappa shape index (κ3) is 15.8. The Kier molecular flexibility index (Phi) is 19.2. The predicted octanol–water partition coefficient (Wildman–Crippen LogP) is 7.75. The van der Waals surface area contributed by atoms with E-state index in [-0.39, 0.29) is 12.5 Å². The number of hydrogen-bond acceptors (Lipinski definition) is 7. The third-order valence-electron chi connectivity index (χ3n) is 5.08. The number of ether oxygens (including phenoxy) is 4. The van der Waals surface area contributed by atoms with Gasteiger partial charge < -0.3 is 24.3 Å². The summed E-state index contributed by atoms with van der Waals surface area (Å²) in [6.07, 6.45) is 5.91. The summed E-state index contributed by atoms with van der Waals surface area (Å²) in [5.74, 6) is 0.867. The molecule has 0 atom stereocenters. The third-order valence-corrected chi connectivity index (χ3v) is 5.08. The molecule has 7 heteroatoms. The summed E-state index contributed by atoms with van der Waals surface area (Å²) >= 11 is 0. The van der Waals surface area contributed by atoms with E-state index in [9.17, 15) is 9.59 Å². The zero-order valence-corrected chi connectivity index (χ0v) is 25.6. The number of rotatable bonds is 14. The lowest BCUT2D eigenvalue weighted by Gasteiger charge is -2.19. The molecule has 39 heavy (non-hydrogen) atoms. The molecule has 1 N–H and O–H groups in total. The first kappa shape index (κ1) is 35.9. The van der Waals surface area contributed by atoms with Crippen molar-refractivity contribution in [3.63, 3.8) is 0 Å². The summed E-state index contributed by atoms with van der Waals surface area (Å²) in [7, 11) is 1.54. The molecule has 2 rings (SSSR count). The molecular weight excluding hydrogens is 494 g/mol. The number of unbranched alkanes of at least 4 members (excludes halogenated alkanes) is 4. The fourth-order valence-electron chi connectivity index (χ4n) is 3.36. The Balaban J connectivity index is 0.00000344. The van der Waals surface area contributed by atoms with Crippen LogP contribution >= 0.6 is 0 Å². The molecule has 220 valence electrons. The van der Waals surface area contributed by atoms with Crippen molar-refractivity contribution in [2.75, 3.05) is 20.3 Å². The van der Waals surface area contributed by atoms with Crippen LogP contribution in [0.2, 0.25) is 0 Å². The largest absolute Gasteiger partial charge is 0.496 e. The summed E-state index contributed by atoms with van der Waals surface area (Å²) in [6, 6.07) is 12.1. The molecular formula is C32H51NO6. The summed E-state index contributed by atoms with van der Waals surface area (Å²) in [6.45, 7) is 16.8. The van der Waals surface area contributed by atoms with Gasteiger partial charge in [-0.15, -0.1) is 0 Å². The van der Waals surface area contributed by atoms with E-state index in [1.54, 1.807) is 49.6 Å². The number of carbonyl (C=O) groups excluding carboxylic acids is 2. The average Bonchev–Trinajstić information content (AvgIpc) is 2.93. The molecule has 0 aliphatic heterocycles. The van der Waals surface area contributed by atoms with Gasteiger partial charge in [0.1, 0.15) is 22.8 Å². The van der Waals surface area contributed by atoms with Crippen LogP contribution in [-0.2, 0) is 16.1 Å². The van der Waals surface area contributed by atoms with Crippen LogP contribution in [0.25, 0.3) is 0 Å². The summed E-state index contributed by atoms with van der Waals surface area (Å²) < 4.78 is 22.0. The summed E-state index contributed by atoms with van der Waals surface area (Å²) in [5.41, 5.74) is 0.734. The van der Waals surface area contributed by atoms with Crippen molar-refractivity contribution in [2.24, 2.45) is 0 Å². The van der Waals surface area contributed by atoms with Crippen LogP contribution in [0.3, 0.4) is 0 Å². The molecule has 0 radical (unpaired) electrons. The quantitative estimate of drug-likeness (QED) is 0.148. The molecule has 0 aromatic heterocycles. The molecule has 0 saturated heterocycles. The maximum Gasteiger partial charge on any atom is 0.343 e. The van der Waals surface area contributed by atoms with Gasteiger partial charge in [-0.2, -0.15) is 0 Å². The van der Waals surface area contributed by atoms with E-state index in [0.29, 0.717) is 30.2 Å². The van der Waals surface area contributed by atoms with Crippen LogP contribution in [-0.4, -0.2) is 37.8 Å². The van der Waals surface area contributed by atoms with Crippen LogP contribution in [0.15, 0.2) is 42.5 Å². The van der Waals surface area contributed by atoms with Crippen molar-refractivity contribution in [3.05, 3.63) is 53.6 Å². The van der Waals surface area contributed by atoms with Gasteiger partial charge in [0.2, 0.25) is 0 Å². The molecule has 0 saturated carbocycles. The SMILES string of the molecule is CC.CC.CCCCCCCOc1ccc(C(=O)Oc2ccc(CNCC(=O)OC(C)(C)C)c(OC)c2)cc1. The lowest BCUT2D eigenvalue weighted by Crippen LogP contribution is -2.31. The highest BCUT2D eigenvalue weighted by Crippen LogP contribution is 2.25. The molecule has 2 aromatic rings. The maximum atomic E-state index is 12.6. The fraction of sp³-hybridized carbons (Fsp3) is 0.562. The van der Waals surface area contributed by atoms with Crippen LogP contribution in [0.1, 0.15) is 103 Å². The van der Waals surface area contributed by atoms with Crippen LogP contribution in [0.4, 0.5) is 0 Å². The Morgan fingerprint density at radius 3 is 2.05 bits per heavy atom. The second-order valence-corrected chi connectivity index (χ2v) is 9.34. The van der Waals surface area contributed by atoms with E-state index in [1.807, 2.05) is 48.5 Å². The van der Waals surface area contributed by atoms with Crippen molar-refractivity contribution >= 4 is 11.9 Å². The van der Waals surface area contributed by atoms with Crippen molar-refractivity contribution in [2.45, 2.75) is 99.6 Å². The van der Waals surface area contributed by atoms with Gasteiger partial charge in [0, 0.05) is 18.2 Å². The van der Waals surface area contributed by atoms with Crippen LogP contribution in [0.5, 0.6) is 17.2 Å². The van der Waals surface area contributed by atoms with Gasteiger partial charge in [-0.05, 0) is 57.5 Å². The first-order chi connectivity index (χ1) is 18.7. The van der Waals surface area contributed by atoms with Crippen molar-refractivity contribution < 1.29 is 28.5 Å². The monoisotopic (exact) mass is 545 g/mol. The molecule has 0 heterocycles. The van der Waals surface area contributed by atoms with Crippen molar-refractivity contribution in [3.8, 4) is 17.2 Å². The Hall–Kier alpha value is -3.06. The second kappa shape index (κ2) is 20.8. The van der Waals surface area contributed by atoms with Crippen molar-refractivity contribution in [1.29, 1.82) is 0 Å². The minimum atomic E-state index is -0.525. The Morgan fingerprint density at radius 2 is 1.46 bits per heavy atom. The Bertz CT molecular complexity index is 935. The number of esters is 2. The standard InChI is InChI=1S/C28H39NO6.2C2H6/c1-6-7-8-9-10-17-33-23-14-11-21(12-15-23)27(31)34-24-16-13-22(25(18-24)32-5)19-29-20-26(30)35-28(2,3)4;2*1-2/h11-16,18,29H,6-10,17,19-20H2,1-5H3;2*1-2H3. The normalized spacial score (nSPS) is 10.3. The van der Waals surface area contributed by atoms with Gasteiger partial charge in [0.25, 0.3) is 0 Å². The lowest BCUT2D eigenvalue weighted by atomic mass is 10.1. The molecule has 0 fully saturated rings. The molecule has 0 aliphatic rings. The molecule has 0 unspecified atom stereocenters. The molecule has 0 amide bonds. The molecule has 0 spiro atoms. The second-order valence-electron chi connectivity index (χ2n) is 9.34. The molecule has 0 aliphatic carbocycles. The van der Waals surface area contributed by atoms with E-state index in [1.165, 1.54) is 25.7 Å². The highest BCUT2D eigenvalue weighted by molar-refractivity contribution is 5.91. The molecule has 0 bridgehead atoms. The number of nitrogens with one attached hydrogen (secondary N) is 1. The van der Waals surface area contributed by atoms with E-state index in [0.717, 1.165) is 17.7 Å². The number of methoxy groups -OCH3 is 1. The summed E-state index contributed by atoms with van der Waals surface area (Å²) in [4.78, 5) is 24.4. The van der Waals surface area contributed by atoms with Crippen LogP contribution < -0.4 is 19.5 Å². The van der Waals surface area contributed by atoms with E-state index < -0.39 is 11.6 Å². The van der Waals surface area contributed by atoms with Gasteiger partial charge in [0.15, 0.2) is 0 Å². The van der Waals surface area contributed by atoms with E-state index in [4.69, 9.17) is 18.9 Å². The minimum Gasteiger partial charge on any atom is -0.496 e. The molecule has 2 aromatic carbocycles. The predicted molar refractivity (Wildman–Crippen MR) is 159 cm³/mol. The minimum absolute atomic E-state index is 0.0791. The zero-order chi connectivity index (χ0) is 29.7. The van der Waals surface area contributed by atoms with Gasteiger partial charge in [-0.1, -0.05) is 66.4 Å². The highest BCUT2D eigenvalue weighted by Gasteiger charge is 2.16. The van der Waals surface area contributed by atoms with Gasteiger partial charge in [-0.25, -0.2) is 4.79 Å². The number of benzene rings is 2. The summed E-state index contributed by atoms with van der Waals surface area (Å²) in [5, 5.41) is 3.04. The average molecular weight is 546 g/mol. The fourth-order valence-corrected chi connectivity index (χ4v) is 3.36. The Labute approximate surface area is 236 Å². The zero-order valence-electron chi connectivity index (χ0n) is 25.6. The van der Waals surface area contributed by atoms with Gasteiger partial charge in [0.05, 0.1) is 25.8 Å². The van der Waals surface area contributed by atoms with Crippen molar-refractivity contribution in [1.82, 2.24) is 5.32 Å². The van der Waals surface area contributed by atoms with E-state index in [2.05, 4.69) is 12.2 Å². The van der Waals surface area contributed by atoms with E-state index >= 15 is 0 Å². The number of carbonyl (C=O) groups is 2. The Morgan fingerprint density at radius 1 is 0.846 bits per heavy atom.